The molecule has 0 aromatic heterocycles. The van der Waals surface area contributed by atoms with Gasteiger partial charge in [0.2, 0.25) is 5.90 Å². The van der Waals surface area contributed by atoms with E-state index < -0.39 is 33.2 Å². The number of esters is 1. The van der Waals surface area contributed by atoms with Gasteiger partial charge in [-0.1, -0.05) is 30.3 Å². The van der Waals surface area contributed by atoms with E-state index in [-0.39, 0.29) is 11.5 Å². The quantitative estimate of drug-likeness (QED) is 0.467. The van der Waals surface area contributed by atoms with Crippen molar-refractivity contribution < 1.29 is 19.4 Å². The molecule has 1 aliphatic rings. The molecule has 9 heteroatoms. The Morgan fingerprint density at radius 2 is 1.60 bits per heavy atom. The molecule has 0 saturated heterocycles. The van der Waals surface area contributed by atoms with Crippen LogP contribution < -0.4 is 0 Å². The van der Waals surface area contributed by atoms with Crippen molar-refractivity contribution >= 4 is 23.2 Å². The van der Waals surface area contributed by atoms with Gasteiger partial charge in [0.05, 0.1) is 21.5 Å². The summed E-state index contributed by atoms with van der Waals surface area (Å²) in [5.41, 5.74) is -0.0619. The van der Waals surface area contributed by atoms with Crippen LogP contribution in [0.15, 0.2) is 53.5 Å². The first-order chi connectivity index (χ1) is 11.9. The minimum Gasteiger partial charge on any atom is -0.406 e. The fourth-order valence-electron chi connectivity index (χ4n) is 2.41. The molecular weight excluding hydrogens is 330 g/mol. The summed E-state index contributed by atoms with van der Waals surface area (Å²) in [5, 5.41) is 21.9. The van der Waals surface area contributed by atoms with Crippen molar-refractivity contribution in [2.75, 3.05) is 0 Å². The largest absolute Gasteiger partial charge is 0.406 e. The van der Waals surface area contributed by atoms with Gasteiger partial charge >= 0.3 is 5.97 Å². The van der Waals surface area contributed by atoms with Gasteiger partial charge in [0.1, 0.15) is 0 Å². The summed E-state index contributed by atoms with van der Waals surface area (Å²) < 4.78 is 5.07. The molecule has 2 aromatic carbocycles. The number of nitro groups is 2. The van der Waals surface area contributed by atoms with E-state index in [0.29, 0.717) is 6.42 Å². The van der Waals surface area contributed by atoms with Crippen molar-refractivity contribution in [1.82, 2.24) is 0 Å². The Balaban J connectivity index is 1.93. The fourth-order valence-corrected chi connectivity index (χ4v) is 2.41. The number of cyclic esters (lactones) is 1. The van der Waals surface area contributed by atoms with Gasteiger partial charge in [0.15, 0.2) is 6.04 Å². The highest BCUT2D eigenvalue weighted by Gasteiger charge is 2.31. The number of nitrogens with zero attached hydrogens (tertiary/aromatic N) is 3. The Morgan fingerprint density at radius 1 is 1.00 bits per heavy atom. The molecule has 0 saturated carbocycles. The topological polar surface area (TPSA) is 125 Å². The van der Waals surface area contributed by atoms with E-state index in [1.54, 1.807) is 0 Å². The van der Waals surface area contributed by atoms with E-state index in [1.807, 2.05) is 30.3 Å². The average Bonchev–Trinajstić information content (AvgIpc) is 2.96. The van der Waals surface area contributed by atoms with Crippen LogP contribution in [0.5, 0.6) is 0 Å². The number of hydrogen-bond donors (Lipinski definition) is 0. The summed E-state index contributed by atoms with van der Waals surface area (Å²) in [7, 11) is 0. The SMILES string of the molecule is O=C1OC(c2cc([N+](=O)[O-])cc([N+](=O)[O-])c2)=NC1Cc1ccccc1. The second-order valence-electron chi connectivity index (χ2n) is 5.31. The Bertz CT molecular complexity index is 862. The molecule has 0 amide bonds. The lowest BCUT2D eigenvalue weighted by atomic mass is 10.1. The fraction of sp³-hybridized carbons (Fsp3) is 0.125. The summed E-state index contributed by atoms with van der Waals surface area (Å²) in [6.07, 6.45) is 0.306. The summed E-state index contributed by atoms with van der Waals surface area (Å²) in [5.74, 6) is -0.759. The summed E-state index contributed by atoms with van der Waals surface area (Å²) in [6.45, 7) is 0. The highest BCUT2D eigenvalue weighted by molar-refractivity contribution is 6.06. The zero-order valence-corrected chi connectivity index (χ0v) is 12.7. The Labute approximate surface area is 140 Å². The first-order valence-electron chi connectivity index (χ1n) is 7.21. The van der Waals surface area contributed by atoms with Crippen molar-refractivity contribution in [3.05, 3.63) is 79.9 Å². The predicted molar refractivity (Wildman–Crippen MR) is 86.3 cm³/mol. The van der Waals surface area contributed by atoms with E-state index in [9.17, 15) is 25.0 Å². The van der Waals surface area contributed by atoms with Gasteiger partial charge in [-0.15, -0.1) is 0 Å². The van der Waals surface area contributed by atoms with Crippen molar-refractivity contribution in [1.29, 1.82) is 0 Å². The first kappa shape index (κ1) is 16.2. The molecule has 3 rings (SSSR count). The summed E-state index contributed by atoms with van der Waals surface area (Å²) >= 11 is 0. The van der Waals surface area contributed by atoms with E-state index in [4.69, 9.17) is 4.74 Å². The van der Waals surface area contributed by atoms with Crippen LogP contribution in [0.3, 0.4) is 0 Å². The third kappa shape index (κ3) is 3.50. The van der Waals surface area contributed by atoms with Gasteiger partial charge in [0.25, 0.3) is 11.4 Å². The number of nitro benzene ring substituents is 2. The maximum Gasteiger partial charge on any atom is 0.338 e. The number of ether oxygens (including phenoxy) is 1. The van der Waals surface area contributed by atoms with Crippen LogP contribution in [0.4, 0.5) is 11.4 Å². The zero-order valence-electron chi connectivity index (χ0n) is 12.7. The molecule has 0 spiro atoms. The third-order valence-electron chi connectivity index (χ3n) is 3.59. The van der Waals surface area contributed by atoms with Crippen LogP contribution >= 0.6 is 0 Å². The van der Waals surface area contributed by atoms with Crippen LogP contribution in [-0.4, -0.2) is 27.8 Å². The molecule has 1 atom stereocenters. The van der Waals surface area contributed by atoms with E-state index in [0.717, 1.165) is 23.8 Å². The smallest absolute Gasteiger partial charge is 0.338 e. The van der Waals surface area contributed by atoms with Crippen LogP contribution in [-0.2, 0) is 16.0 Å². The highest BCUT2D eigenvalue weighted by atomic mass is 16.6. The predicted octanol–water partition coefficient (Wildman–Crippen LogP) is 2.42. The lowest BCUT2D eigenvalue weighted by Gasteiger charge is -2.02. The van der Waals surface area contributed by atoms with Crippen LogP contribution in [0, 0.1) is 20.2 Å². The highest BCUT2D eigenvalue weighted by Crippen LogP contribution is 2.25. The lowest BCUT2D eigenvalue weighted by molar-refractivity contribution is -0.394. The second-order valence-corrected chi connectivity index (χ2v) is 5.31. The van der Waals surface area contributed by atoms with Crippen molar-refractivity contribution in [3.63, 3.8) is 0 Å². The van der Waals surface area contributed by atoms with E-state index in [1.165, 1.54) is 0 Å². The molecule has 2 aromatic rings. The van der Waals surface area contributed by atoms with Crippen molar-refractivity contribution in [2.24, 2.45) is 4.99 Å². The molecule has 0 radical (unpaired) electrons. The molecule has 1 heterocycles. The van der Waals surface area contributed by atoms with Gasteiger partial charge in [-0.25, -0.2) is 9.79 Å². The maximum atomic E-state index is 12.0. The van der Waals surface area contributed by atoms with Gasteiger partial charge in [-0.05, 0) is 5.56 Å². The minimum atomic E-state index is -0.796. The number of carbonyl (C=O) groups excluding carboxylic acids is 1. The van der Waals surface area contributed by atoms with Gasteiger partial charge < -0.3 is 4.74 Å². The number of carbonyl (C=O) groups is 1. The minimum absolute atomic E-state index is 0.0183. The third-order valence-corrected chi connectivity index (χ3v) is 3.59. The Kier molecular flexibility index (Phi) is 4.21. The molecule has 25 heavy (non-hydrogen) atoms. The van der Waals surface area contributed by atoms with Crippen molar-refractivity contribution in [2.45, 2.75) is 12.5 Å². The molecule has 0 fully saturated rings. The van der Waals surface area contributed by atoms with Gasteiger partial charge in [0, 0.05) is 18.6 Å². The second kappa shape index (κ2) is 6.48. The number of benzene rings is 2. The number of non-ortho nitro benzene ring substituents is 2. The Morgan fingerprint density at radius 3 is 2.16 bits per heavy atom. The molecule has 0 bridgehead atoms. The maximum absolute atomic E-state index is 12.0. The zero-order chi connectivity index (χ0) is 18.0. The van der Waals surface area contributed by atoms with E-state index >= 15 is 0 Å². The van der Waals surface area contributed by atoms with Crippen LogP contribution in [0.25, 0.3) is 0 Å². The van der Waals surface area contributed by atoms with Crippen LogP contribution in [0.1, 0.15) is 11.1 Å². The average molecular weight is 341 g/mol. The standard InChI is InChI=1S/C16H11N3O6/c20-16-14(6-10-4-2-1-3-5-10)17-15(25-16)11-7-12(18(21)22)9-13(8-11)19(23)24/h1-5,7-9,14H,6H2. The van der Waals surface area contributed by atoms with Gasteiger partial charge in [-0.2, -0.15) is 0 Å². The molecule has 126 valence electrons. The summed E-state index contributed by atoms with van der Waals surface area (Å²) in [4.78, 5) is 36.5. The first-order valence-corrected chi connectivity index (χ1v) is 7.21. The number of hydrogen-bond acceptors (Lipinski definition) is 7. The molecule has 1 aliphatic heterocycles. The van der Waals surface area contributed by atoms with Crippen LogP contribution in [0.2, 0.25) is 0 Å². The van der Waals surface area contributed by atoms with E-state index in [2.05, 4.69) is 4.99 Å². The number of aliphatic imine (C=N–C) groups is 1. The van der Waals surface area contributed by atoms with Crippen molar-refractivity contribution in [3.8, 4) is 0 Å². The normalized spacial score (nSPS) is 16.2. The Hall–Kier alpha value is -3.62. The molecule has 9 nitrogen and oxygen atoms in total. The summed E-state index contributed by atoms with van der Waals surface area (Å²) in [6, 6.07) is 11.4. The monoisotopic (exact) mass is 341 g/mol. The van der Waals surface area contributed by atoms with Gasteiger partial charge in [-0.3, -0.25) is 20.2 Å². The molecule has 0 N–H and O–H groups in total. The molecule has 0 aliphatic carbocycles. The molecule has 1 unspecified atom stereocenters. The lowest BCUT2D eigenvalue weighted by Crippen LogP contribution is -2.17. The molecular formula is C16H11N3O6. The number of rotatable bonds is 5.